The first-order chi connectivity index (χ1) is 9.94. The highest BCUT2D eigenvalue weighted by molar-refractivity contribution is 7.89. The Labute approximate surface area is 124 Å². The van der Waals surface area contributed by atoms with Crippen LogP contribution in [-0.4, -0.2) is 38.9 Å². The van der Waals surface area contributed by atoms with Crippen LogP contribution in [-0.2, 0) is 14.8 Å². The summed E-state index contributed by atoms with van der Waals surface area (Å²) in [5.41, 5.74) is 1.02. The molecule has 21 heavy (non-hydrogen) atoms. The molecule has 7 heteroatoms. The average Bonchev–Trinajstić information content (AvgIpc) is 2.99. The molecule has 0 spiro atoms. The maximum Gasteiger partial charge on any atom is 0.241 e. The van der Waals surface area contributed by atoms with E-state index in [2.05, 4.69) is 4.72 Å². The molecule has 0 aromatic heterocycles. The zero-order valence-electron chi connectivity index (χ0n) is 11.8. The molecule has 0 radical (unpaired) electrons. The van der Waals surface area contributed by atoms with Crippen molar-refractivity contribution in [3.63, 3.8) is 0 Å². The molecule has 1 saturated heterocycles. The van der Waals surface area contributed by atoms with E-state index in [-0.39, 0.29) is 17.3 Å². The molecule has 0 saturated carbocycles. The maximum atomic E-state index is 12.1. The summed E-state index contributed by atoms with van der Waals surface area (Å²) in [6.45, 7) is 2.82. The molecule has 0 unspecified atom stereocenters. The van der Waals surface area contributed by atoms with Gasteiger partial charge in [0.15, 0.2) is 0 Å². The van der Waals surface area contributed by atoms with Crippen LogP contribution in [0.5, 0.6) is 0 Å². The van der Waals surface area contributed by atoms with Crippen LogP contribution in [0.4, 0.5) is 0 Å². The summed E-state index contributed by atoms with van der Waals surface area (Å²) in [5, 5.41) is 8.84. The van der Waals surface area contributed by atoms with Gasteiger partial charge < -0.3 is 4.90 Å². The molecule has 1 aliphatic heterocycles. The van der Waals surface area contributed by atoms with Gasteiger partial charge in [-0.05, 0) is 43.5 Å². The van der Waals surface area contributed by atoms with Crippen molar-refractivity contribution < 1.29 is 13.2 Å². The van der Waals surface area contributed by atoms with E-state index >= 15 is 0 Å². The van der Waals surface area contributed by atoms with Gasteiger partial charge in [0.2, 0.25) is 15.9 Å². The number of aryl methyl sites for hydroxylation is 1. The van der Waals surface area contributed by atoms with E-state index < -0.39 is 10.0 Å². The Morgan fingerprint density at radius 2 is 2.05 bits per heavy atom. The molecule has 1 heterocycles. The van der Waals surface area contributed by atoms with Crippen LogP contribution in [0.1, 0.15) is 24.0 Å². The van der Waals surface area contributed by atoms with E-state index in [0.717, 1.165) is 12.8 Å². The Morgan fingerprint density at radius 1 is 1.38 bits per heavy atom. The highest BCUT2D eigenvalue weighted by atomic mass is 32.2. The van der Waals surface area contributed by atoms with Gasteiger partial charge in [-0.1, -0.05) is 0 Å². The fraction of sp³-hybridized carbons (Fsp3) is 0.429. The maximum absolute atomic E-state index is 12.1. The average molecular weight is 307 g/mol. The molecule has 2 rings (SSSR count). The monoisotopic (exact) mass is 307 g/mol. The highest BCUT2D eigenvalue weighted by Crippen LogP contribution is 2.15. The van der Waals surface area contributed by atoms with Gasteiger partial charge in [0.05, 0.1) is 23.1 Å². The van der Waals surface area contributed by atoms with Crippen LogP contribution in [0.25, 0.3) is 0 Å². The topological polar surface area (TPSA) is 90.3 Å². The fourth-order valence-electron chi connectivity index (χ4n) is 2.25. The first kappa shape index (κ1) is 15.5. The van der Waals surface area contributed by atoms with Crippen molar-refractivity contribution >= 4 is 15.9 Å². The second-order valence-electron chi connectivity index (χ2n) is 5.00. The number of amides is 1. The van der Waals surface area contributed by atoms with E-state index in [1.807, 2.05) is 6.07 Å². The molecule has 0 bridgehead atoms. The van der Waals surface area contributed by atoms with Gasteiger partial charge in [-0.15, -0.1) is 0 Å². The smallest absolute Gasteiger partial charge is 0.241 e. The number of hydrogen-bond acceptors (Lipinski definition) is 4. The predicted octanol–water partition coefficient (Wildman–Crippen LogP) is 0.767. The van der Waals surface area contributed by atoms with Crippen molar-refractivity contribution in [2.45, 2.75) is 24.7 Å². The largest absolute Gasteiger partial charge is 0.342 e. The van der Waals surface area contributed by atoms with Gasteiger partial charge in [0.25, 0.3) is 0 Å². The lowest BCUT2D eigenvalue weighted by Gasteiger charge is -2.15. The van der Waals surface area contributed by atoms with E-state index in [1.54, 1.807) is 11.8 Å². The molecular formula is C14H17N3O3S. The molecule has 1 amide bonds. The number of nitrogens with one attached hydrogen (secondary N) is 1. The van der Waals surface area contributed by atoms with Crippen LogP contribution in [0.15, 0.2) is 23.1 Å². The number of hydrogen-bond donors (Lipinski definition) is 1. The van der Waals surface area contributed by atoms with Gasteiger partial charge in [-0.2, -0.15) is 5.26 Å². The summed E-state index contributed by atoms with van der Waals surface area (Å²) < 4.78 is 26.6. The summed E-state index contributed by atoms with van der Waals surface area (Å²) in [6, 6.07) is 6.25. The standard InChI is InChI=1S/C14H17N3O3S/c1-11-8-13(5-4-12(11)9-15)21(19,20)16-10-14(18)17-6-2-3-7-17/h4-5,8,16H,2-3,6-7,10H2,1H3. The number of rotatable bonds is 4. The second kappa shape index (κ2) is 6.24. The fourth-order valence-corrected chi connectivity index (χ4v) is 3.31. The van der Waals surface area contributed by atoms with Gasteiger partial charge in [-0.25, -0.2) is 13.1 Å². The Hall–Kier alpha value is -1.91. The van der Waals surface area contributed by atoms with Gasteiger partial charge >= 0.3 is 0 Å². The highest BCUT2D eigenvalue weighted by Gasteiger charge is 2.21. The van der Waals surface area contributed by atoms with Crippen LogP contribution in [0.3, 0.4) is 0 Å². The number of nitriles is 1. The molecule has 1 aliphatic rings. The molecule has 1 aromatic carbocycles. The van der Waals surface area contributed by atoms with Crippen molar-refractivity contribution in [2.75, 3.05) is 19.6 Å². The van der Waals surface area contributed by atoms with E-state index in [0.29, 0.717) is 24.2 Å². The number of benzene rings is 1. The van der Waals surface area contributed by atoms with Crippen LogP contribution in [0.2, 0.25) is 0 Å². The predicted molar refractivity (Wildman–Crippen MR) is 76.9 cm³/mol. The Balaban J connectivity index is 2.06. The summed E-state index contributed by atoms with van der Waals surface area (Å²) in [6.07, 6.45) is 1.93. The third kappa shape index (κ3) is 3.60. The first-order valence-electron chi connectivity index (χ1n) is 6.72. The summed E-state index contributed by atoms with van der Waals surface area (Å²) in [4.78, 5) is 13.6. The molecule has 112 valence electrons. The number of carbonyl (C=O) groups excluding carboxylic acids is 1. The molecule has 1 fully saturated rings. The normalized spacial score (nSPS) is 15.0. The summed E-state index contributed by atoms with van der Waals surface area (Å²) >= 11 is 0. The molecule has 0 atom stereocenters. The van der Waals surface area contributed by atoms with Crippen molar-refractivity contribution in [3.8, 4) is 6.07 Å². The van der Waals surface area contributed by atoms with Crippen LogP contribution >= 0.6 is 0 Å². The van der Waals surface area contributed by atoms with Crippen molar-refractivity contribution in [2.24, 2.45) is 0 Å². The third-order valence-corrected chi connectivity index (χ3v) is 4.90. The van der Waals surface area contributed by atoms with Crippen molar-refractivity contribution in [1.29, 1.82) is 5.26 Å². The molecule has 1 N–H and O–H groups in total. The SMILES string of the molecule is Cc1cc(S(=O)(=O)NCC(=O)N2CCCC2)ccc1C#N. The van der Waals surface area contributed by atoms with Crippen LogP contribution < -0.4 is 4.72 Å². The lowest BCUT2D eigenvalue weighted by molar-refractivity contribution is -0.128. The molecule has 6 nitrogen and oxygen atoms in total. The Kier molecular flexibility index (Phi) is 4.60. The first-order valence-corrected chi connectivity index (χ1v) is 8.20. The second-order valence-corrected chi connectivity index (χ2v) is 6.77. The number of likely N-dealkylation sites (tertiary alicyclic amines) is 1. The van der Waals surface area contributed by atoms with Crippen molar-refractivity contribution in [3.05, 3.63) is 29.3 Å². The number of sulfonamides is 1. The minimum Gasteiger partial charge on any atom is -0.342 e. The zero-order valence-corrected chi connectivity index (χ0v) is 12.6. The number of nitrogens with zero attached hydrogens (tertiary/aromatic N) is 2. The van der Waals surface area contributed by atoms with Gasteiger partial charge in [0, 0.05) is 13.1 Å². The third-order valence-electron chi connectivity index (χ3n) is 3.50. The lowest BCUT2D eigenvalue weighted by atomic mass is 10.1. The lowest BCUT2D eigenvalue weighted by Crippen LogP contribution is -2.38. The van der Waals surface area contributed by atoms with Crippen molar-refractivity contribution in [1.82, 2.24) is 9.62 Å². The Bertz CT molecular complexity index is 686. The zero-order chi connectivity index (χ0) is 15.5. The van der Waals surface area contributed by atoms with Crippen LogP contribution in [0, 0.1) is 18.3 Å². The van der Waals surface area contributed by atoms with E-state index in [9.17, 15) is 13.2 Å². The summed E-state index contributed by atoms with van der Waals surface area (Å²) in [5.74, 6) is -0.207. The minimum absolute atomic E-state index is 0.0632. The molecule has 1 aromatic rings. The molecule has 0 aliphatic carbocycles. The number of carbonyl (C=O) groups is 1. The summed E-state index contributed by atoms with van der Waals surface area (Å²) in [7, 11) is -3.74. The van der Waals surface area contributed by atoms with Gasteiger partial charge in [0.1, 0.15) is 0 Å². The quantitative estimate of drug-likeness (QED) is 0.889. The molecular weight excluding hydrogens is 290 g/mol. The van der Waals surface area contributed by atoms with E-state index in [1.165, 1.54) is 18.2 Å². The Morgan fingerprint density at radius 3 is 2.62 bits per heavy atom. The minimum atomic E-state index is -3.74. The van der Waals surface area contributed by atoms with E-state index in [4.69, 9.17) is 5.26 Å². The van der Waals surface area contributed by atoms with Gasteiger partial charge in [-0.3, -0.25) is 4.79 Å².